The third-order valence-corrected chi connectivity index (χ3v) is 4.51. The van der Waals surface area contributed by atoms with Gasteiger partial charge >= 0.3 is 0 Å². The number of rotatable bonds is 2. The van der Waals surface area contributed by atoms with E-state index in [2.05, 4.69) is 0 Å². The van der Waals surface area contributed by atoms with E-state index in [1.54, 1.807) is 6.07 Å². The van der Waals surface area contributed by atoms with Gasteiger partial charge in [-0.3, -0.25) is 14.9 Å². The Bertz CT molecular complexity index is 890. The Hall–Kier alpha value is -3.14. The van der Waals surface area contributed by atoms with Crippen molar-refractivity contribution in [3.05, 3.63) is 62.7 Å². The molecule has 0 aromatic heterocycles. The van der Waals surface area contributed by atoms with E-state index in [9.17, 15) is 20.2 Å². The molecule has 3 rings (SSSR count). The third-order valence-electron chi connectivity index (χ3n) is 4.51. The van der Waals surface area contributed by atoms with E-state index in [4.69, 9.17) is 10.5 Å². The molecule has 25 heavy (non-hydrogen) atoms. The molecule has 0 saturated heterocycles. The maximum Gasteiger partial charge on any atom is 0.269 e. The van der Waals surface area contributed by atoms with Crippen molar-refractivity contribution < 1.29 is 14.5 Å². The molecule has 7 nitrogen and oxygen atoms in total. The summed E-state index contributed by atoms with van der Waals surface area (Å²) in [6, 6.07) is 7.67. The number of nitriles is 1. The smallest absolute Gasteiger partial charge is 0.269 e. The molecule has 7 heteroatoms. The number of hydrogen-bond donors (Lipinski definition) is 1. The van der Waals surface area contributed by atoms with E-state index in [1.165, 1.54) is 18.2 Å². The van der Waals surface area contributed by atoms with Gasteiger partial charge in [0.2, 0.25) is 5.88 Å². The number of allylic oxidation sites excluding steroid dienone is 3. The highest BCUT2D eigenvalue weighted by atomic mass is 16.6. The average Bonchev–Trinajstić information content (AvgIpc) is 2.81. The van der Waals surface area contributed by atoms with Gasteiger partial charge in [0.1, 0.15) is 17.4 Å². The lowest BCUT2D eigenvalue weighted by atomic mass is 9.82. The Balaban J connectivity index is 2.15. The fraction of sp³-hybridized carbons (Fsp3) is 0.333. The second kappa shape index (κ2) is 5.74. The van der Waals surface area contributed by atoms with Crippen molar-refractivity contribution in [2.24, 2.45) is 11.1 Å². The number of Topliss-reactive ketones (excluding diaryl/α,β-unsaturated/α-hetero) is 1. The zero-order chi connectivity index (χ0) is 18.4. The van der Waals surface area contributed by atoms with Gasteiger partial charge in [0.15, 0.2) is 5.78 Å². The van der Waals surface area contributed by atoms with Crippen LogP contribution in [0, 0.1) is 26.9 Å². The van der Waals surface area contributed by atoms with Crippen LogP contribution in [0.1, 0.15) is 38.2 Å². The molecule has 1 aromatic carbocycles. The van der Waals surface area contributed by atoms with Gasteiger partial charge in [0, 0.05) is 24.1 Å². The largest absolute Gasteiger partial charge is 0.444 e. The summed E-state index contributed by atoms with van der Waals surface area (Å²) in [4.78, 5) is 23.7. The number of hydrogen-bond acceptors (Lipinski definition) is 6. The van der Waals surface area contributed by atoms with Gasteiger partial charge in [-0.15, -0.1) is 0 Å². The van der Waals surface area contributed by atoms with Crippen LogP contribution >= 0.6 is 0 Å². The summed E-state index contributed by atoms with van der Waals surface area (Å²) in [5, 5.41) is 20.6. The van der Waals surface area contributed by atoms with Crippen LogP contribution in [0.5, 0.6) is 0 Å². The molecule has 1 aromatic rings. The molecule has 2 N–H and O–H groups in total. The molecule has 0 spiro atoms. The molecule has 0 amide bonds. The van der Waals surface area contributed by atoms with E-state index in [0.717, 1.165) is 0 Å². The van der Waals surface area contributed by atoms with E-state index >= 15 is 0 Å². The van der Waals surface area contributed by atoms with E-state index in [0.29, 0.717) is 29.7 Å². The molecule has 0 fully saturated rings. The minimum absolute atomic E-state index is 0.0160. The Morgan fingerprint density at radius 2 is 2.12 bits per heavy atom. The van der Waals surface area contributed by atoms with Crippen molar-refractivity contribution in [2.75, 3.05) is 0 Å². The van der Waals surface area contributed by atoms with Crippen molar-refractivity contribution in [3.63, 3.8) is 0 Å². The lowest BCUT2D eigenvalue weighted by molar-refractivity contribution is -0.384. The summed E-state index contributed by atoms with van der Waals surface area (Å²) < 4.78 is 5.63. The standard InChI is InChI=1S/C18H17N3O4/c1-18(2)7-12-14(8-18)25-17(20)13(9-19)15(16(12)22)10-4-3-5-11(6-10)21(23)24/h3-6,15H,7-8,20H2,1-2H3. The number of ketones is 1. The highest BCUT2D eigenvalue weighted by molar-refractivity contribution is 6.04. The van der Waals surface area contributed by atoms with Crippen molar-refractivity contribution in [3.8, 4) is 6.07 Å². The zero-order valence-electron chi connectivity index (χ0n) is 13.9. The van der Waals surface area contributed by atoms with Gasteiger partial charge in [-0.1, -0.05) is 26.0 Å². The number of carbonyl (C=O) groups excluding carboxylic acids is 1. The normalized spacial score (nSPS) is 22.1. The Kier molecular flexibility index (Phi) is 3.84. The van der Waals surface area contributed by atoms with Crippen LogP contribution in [0.25, 0.3) is 0 Å². The summed E-state index contributed by atoms with van der Waals surface area (Å²) in [5.41, 5.74) is 6.50. The maximum absolute atomic E-state index is 13.2. The van der Waals surface area contributed by atoms with Crippen LogP contribution in [0.3, 0.4) is 0 Å². The predicted octanol–water partition coefficient (Wildman–Crippen LogP) is 3.05. The molecule has 2 aliphatic rings. The number of nitro benzene ring substituents is 1. The summed E-state index contributed by atoms with van der Waals surface area (Å²) in [6.07, 6.45) is 1.06. The van der Waals surface area contributed by atoms with Gasteiger partial charge in [-0.25, -0.2) is 0 Å². The summed E-state index contributed by atoms with van der Waals surface area (Å²) in [7, 11) is 0. The monoisotopic (exact) mass is 339 g/mol. The first-order valence-corrected chi connectivity index (χ1v) is 7.82. The average molecular weight is 339 g/mol. The highest BCUT2D eigenvalue weighted by Gasteiger charge is 2.42. The van der Waals surface area contributed by atoms with E-state index < -0.39 is 10.8 Å². The maximum atomic E-state index is 13.2. The molecule has 1 unspecified atom stereocenters. The fourth-order valence-corrected chi connectivity index (χ4v) is 3.39. The second-order valence-corrected chi connectivity index (χ2v) is 7.06. The van der Waals surface area contributed by atoms with Gasteiger partial charge in [-0.2, -0.15) is 5.26 Å². The van der Waals surface area contributed by atoms with Crippen LogP contribution < -0.4 is 5.73 Å². The van der Waals surface area contributed by atoms with E-state index in [1.807, 2.05) is 19.9 Å². The number of carbonyl (C=O) groups is 1. The van der Waals surface area contributed by atoms with E-state index in [-0.39, 0.29) is 28.3 Å². The molecule has 128 valence electrons. The number of non-ortho nitro benzene ring substituents is 1. The first-order chi connectivity index (χ1) is 11.7. The van der Waals surface area contributed by atoms with Crippen LogP contribution in [0.2, 0.25) is 0 Å². The summed E-state index contributed by atoms with van der Waals surface area (Å²) in [5.74, 6) is -0.896. The van der Waals surface area contributed by atoms with Crippen molar-refractivity contribution >= 4 is 11.5 Å². The van der Waals surface area contributed by atoms with Crippen LogP contribution in [-0.4, -0.2) is 10.7 Å². The SMILES string of the molecule is CC1(C)CC2=C(C1)C(=O)C(c1cccc([N+](=O)[O-])c1)C(C#N)=C(N)O2. The third kappa shape index (κ3) is 2.87. The molecule has 1 atom stereocenters. The minimum atomic E-state index is -0.994. The number of nitrogens with two attached hydrogens (primary N) is 1. The summed E-state index contributed by atoms with van der Waals surface area (Å²) in [6.45, 7) is 4.04. The molecule has 0 saturated carbocycles. The zero-order valence-corrected chi connectivity index (χ0v) is 13.9. The first-order valence-electron chi connectivity index (χ1n) is 7.82. The molecular weight excluding hydrogens is 322 g/mol. The second-order valence-electron chi connectivity index (χ2n) is 7.06. The minimum Gasteiger partial charge on any atom is -0.444 e. The molecule has 0 radical (unpaired) electrons. The number of nitrogens with zero attached hydrogens (tertiary/aromatic N) is 2. The Labute approximate surface area is 144 Å². The number of ether oxygens (including phenoxy) is 1. The molecule has 0 bridgehead atoms. The van der Waals surface area contributed by atoms with Crippen LogP contribution in [-0.2, 0) is 9.53 Å². The quantitative estimate of drug-likeness (QED) is 0.653. The topological polar surface area (TPSA) is 119 Å². The van der Waals surface area contributed by atoms with Gasteiger partial charge in [0.05, 0.1) is 10.8 Å². The lowest BCUT2D eigenvalue weighted by Gasteiger charge is -2.20. The highest BCUT2D eigenvalue weighted by Crippen LogP contribution is 2.47. The Morgan fingerprint density at radius 3 is 2.76 bits per heavy atom. The van der Waals surface area contributed by atoms with Crippen LogP contribution in [0.15, 0.2) is 47.1 Å². The lowest BCUT2D eigenvalue weighted by Crippen LogP contribution is -2.19. The van der Waals surface area contributed by atoms with Crippen molar-refractivity contribution in [1.29, 1.82) is 5.26 Å². The predicted molar refractivity (Wildman–Crippen MR) is 88.8 cm³/mol. The summed E-state index contributed by atoms with van der Waals surface area (Å²) >= 11 is 0. The van der Waals surface area contributed by atoms with Crippen molar-refractivity contribution in [2.45, 2.75) is 32.6 Å². The number of nitro groups is 1. The molecular formula is C18H17N3O4. The first kappa shape index (κ1) is 16.7. The molecule has 1 aliphatic heterocycles. The fourth-order valence-electron chi connectivity index (χ4n) is 3.39. The Morgan fingerprint density at radius 1 is 1.40 bits per heavy atom. The van der Waals surface area contributed by atoms with Gasteiger partial charge in [0.25, 0.3) is 5.69 Å². The van der Waals surface area contributed by atoms with Crippen molar-refractivity contribution in [1.82, 2.24) is 0 Å². The van der Waals surface area contributed by atoms with Gasteiger partial charge in [-0.05, 0) is 17.4 Å². The number of benzene rings is 1. The molecule has 1 heterocycles. The molecule has 1 aliphatic carbocycles. The van der Waals surface area contributed by atoms with Gasteiger partial charge < -0.3 is 10.5 Å². The van der Waals surface area contributed by atoms with Crippen LogP contribution in [0.4, 0.5) is 5.69 Å².